The smallest absolute Gasteiger partial charge is 0.141 e. The van der Waals surface area contributed by atoms with Crippen LogP contribution in [0.1, 0.15) is 5.56 Å². The highest BCUT2D eigenvalue weighted by Crippen LogP contribution is 2.31. The summed E-state index contributed by atoms with van der Waals surface area (Å²) in [7, 11) is 0. The van der Waals surface area contributed by atoms with E-state index in [1.807, 2.05) is 0 Å². The second-order valence-electron chi connectivity index (χ2n) is 2.66. The van der Waals surface area contributed by atoms with E-state index >= 15 is 0 Å². The molecule has 13 heavy (non-hydrogen) atoms. The van der Waals surface area contributed by atoms with Crippen molar-refractivity contribution in [3.05, 3.63) is 33.9 Å². The predicted octanol–water partition coefficient (Wildman–Crippen LogP) is 4.43. The molecule has 0 unspecified atom stereocenters. The fourth-order valence-electron chi connectivity index (χ4n) is 1.24. The Morgan fingerprint density at radius 3 is 2.85 bits per heavy atom. The molecule has 0 bridgehead atoms. The van der Waals surface area contributed by atoms with E-state index in [1.54, 1.807) is 12.1 Å². The van der Waals surface area contributed by atoms with Crippen LogP contribution < -0.4 is 0 Å². The Labute approximate surface area is 88.9 Å². The number of benzene rings is 1. The third kappa shape index (κ3) is 1.54. The zero-order chi connectivity index (χ0) is 9.42. The van der Waals surface area contributed by atoms with Crippen molar-refractivity contribution >= 4 is 44.6 Å². The van der Waals surface area contributed by atoms with E-state index in [0.29, 0.717) is 16.3 Å². The van der Waals surface area contributed by atoms with Gasteiger partial charge in [0.2, 0.25) is 0 Å². The molecule has 68 valence electrons. The number of hydrogen-bond acceptors (Lipinski definition) is 1. The van der Waals surface area contributed by atoms with Crippen molar-refractivity contribution in [2.45, 2.75) is 5.88 Å². The molecule has 0 fully saturated rings. The molecule has 1 heterocycles. The van der Waals surface area contributed by atoms with Crippen LogP contribution in [0, 0.1) is 5.82 Å². The number of rotatable bonds is 1. The third-order valence-corrected chi connectivity index (χ3v) is 3.36. The number of halogens is 3. The minimum Gasteiger partial charge on any atom is -0.205 e. The van der Waals surface area contributed by atoms with Gasteiger partial charge in [-0.1, -0.05) is 11.6 Å². The van der Waals surface area contributed by atoms with E-state index in [-0.39, 0.29) is 5.82 Å². The van der Waals surface area contributed by atoms with Gasteiger partial charge in [-0.25, -0.2) is 4.39 Å². The Bertz CT molecular complexity index is 450. The van der Waals surface area contributed by atoms with Crippen molar-refractivity contribution in [2.75, 3.05) is 0 Å². The van der Waals surface area contributed by atoms with E-state index in [9.17, 15) is 4.39 Å². The fourth-order valence-corrected chi connectivity index (χ4v) is 2.69. The van der Waals surface area contributed by atoms with Gasteiger partial charge in [0.1, 0.15) is 5.82 Å². The van der Waals surface area contributed by atoms with E-state index in [1.165, 1.54) is 16.7 Å². The topological polar surface area (TPSA) is 0 Å². The van der Waals surface area contributed by atoms with E-state index in [0.717, 1.165) is 10.3 Å². The molecule has 0 aliphatic rings. The van der Waals surface area contributed by atoms with E-state index < -0.39 is 0 Å². The van der Waals surface area contributed by atoms with Crippen LogP contribution in [-0.4, -0.2) is 0 Å². The molecule has 2 rings (SSSR count). The number of hydrogen-bond donors (Lipinski definition) is 0. The first-order chi connectivity index (χ1) is 6.22. The van der Waals surface area contributed by atoms with Gasteiger partial charge in [-0.15, -0.1) is 22.9 Å². The third-order valence-electron chi connectivity index (χ3n) is 1.81. The molecule has 0 aliphatic carbocycles. The molecule has 0 radical (unpaired) electrons. The maximum Gasteiger partial charge on any atom is 0.141 e. The minimum absolute atomic E-state index is 0.228. The quantitative estimate of drug-likeness (QED) is 0.641. The van der Waals surface area contributed by atoms with Crippen molar-refractivity contribution in [1.82, 2.24) is 0 Å². The van der Waals surface area contributed by atoms with Gasteiger partial charge in [0, 0.05) is 26.4 Å². The van der Waals surface area contributed by atoms with Crippen LogP contribution in [0.25, 0.3) is 10.1 Å². The Kier molecular flexibility index (Phi) is 2.45. The summed E-state index contributed by atoms with van der Waals surface area (Å²) < 4.78 is 14.0. The predicted molar refractivity (Wildman–Crippen MR) is 56.4 cm³/mol. The van der Waals surface area contributed by atoms with Crippen LogP contribution in [0.2, 0.25) is 5.02 Å². The van der Waals surface area contributed by atoms with Gasteiger partial charge >= 0.3 is 0 Å². The number of fused-ring (bicyclic) bond motifs is 1. The minimum atomic E-state index is -0.228. The molecule has 0 spiro atoms. The first-order valence-corrected chi connectivity index (χ1v) is 5.42. The number of thiophene rings is 1. The molecule has 0 atom stereocenters. The molecule has 1 aromatic heterocycles. The summed E-state index contributed by atoms with van der Waals surface area (Å²) in [6, 6.07) is 3.39. The summed E-state index contributed by atoms with van der Waals surface area (Å²) in [5, 5.41) is 2.56. The highest BCUT2D eigenvalue weighted by molar-refractivity contribution is 7.17. The van der Waals surface area contributed by atoms with Crippen molar-refractivity contribution < 1.29 is 4.39 Å². The number of alkyl halides is 1. The maximum atomic E-state index is 13.2. The standard InChI is InChI=1S/C9H5Cl2FS/c10-3-5-1-6(11)2-7-8(12)4-13-9(5)7/h1-2,4H,3H2. The van der Waals surface area contributed by atoms with Gasteiger partial charge in [0.15, 0.2) is 0 Å². The summed E-state index contributed by atoms with van der Waals surface area (Å²) in [6.07, 6.45) is 0. The molecule has 4 heteroatoms. The molecule has 0 saturated heterocycles. The van der Waals surface area contributed by atoms with Gasteiger partial charge < -0.3 is 0 Å². The SMILES string of the molecule is Fc1csc2c(CCl)cc(Cl)cc12. The summed E-state index contributed by atoms with van der Waals surface area (Å²) in [5.74, 6) is 0.130. The lowest BCUT2D eigenvalue weighted by Gasteiger charge is -1.98. The van der Waals surface area contributed by atoms with Gasteiger partial charge in [-0.3, -0.25) is 0 Å². The van der Waals surface area contributed by atoms with Crippen LogP contribution in [-0.2, 0) is 5.88 Å². The van der Waals surface area contributed by atoms with Crippen LogP contribution in [0.5, 0.6) is 0 Å². The maximum absolute atomic E-state index is 13.2. The van der Waals surface area contributed by atoms with E-state index in [4.69, 9.17) is 23.2 Å². The molecular formula is C9H5Cl2FS. The molecule has 0 nitrogen and oxygen atoms in total. The Balaban J connectivity index is 2.84. The van der Waals surface area contributed by atoms with E-state index in [2.05, 4.69) is 0 Å². The zero-order valence-electron chi connectivity index (χ0n) is 6.48. The normalized spacial score (nSPS) is 11.0. The largest absolute Gasteiger partial charge is 0.205 e. The van der Waals surface area contributed by atoms with Gasteiger partial charge in [0.05, 0.1) is 0 Å². The fraction of sp³-hybridized carbons (Fsp3) is 0.111. The van der Waals surface area contributed by atoms with Crippen molar-refractivity contribution in [1.29, 1.82) is 0 Å². The molecule has 1 aromatic carbocycles. The molecule has 0 aliphatic heterocycles. The monoisotopic (exact) mass is 234 g/mol. The van der Waals surface area contributed by atoms with Crippen LogP contribution >= 0.6 is 34.5 Å². The highest BCUT2D eigenvalue weighted by atomic mass is 35.5. The lowest BCUT2D eigenvalue weighted by molar-refractivity contribution is 0.644. The van der Waals surface area contributed by atoms with Gasteiger partial charge in [-0.05, 0) is 17.7 Å². The first kappa shape index (κ1) is 9.25. The Morgan fingerprint density at radius 1 is 1.38 bits per heavy atom. The van der Waals surface area contributed by atoms with Gasteiger partial charge in [0.25, 0.3) is 0 Å². The Morgan fingerprint density at radius 2 is 2.15 bits per heavy atom. The second-order valence-corrected chi connectivity index (χ2v) is 4.24. The average Bonchev–Trinajstić information content (AvgIpc) is 2.47. The summed E-state index contributed by atoms with van der Waals surface area (Å²) in [6.45, 7) is 0. The zero-order valence-corrected chi connectivity index (χ0v) is 8.81. The van der Waals surface area contributed by atoms with Crippen LogP contribution in [0.3, 0.4) is 0 Å². The molecule has 0 amide bonds. The lowest BCUT2D eigenvalue weighted by Crippen LogP contribution is -1.79. The second kappa shape index (κ2) is 3.45. The summed E-state index contributed by atoms with van der Waals surface area (Å²) in [5.41, 5.74) is 0.887. The molecule has 0 N–H and O–H groups in total. The van der Waals surface area contributed by atoms with Crippen LogP contribution in [0.15, 0.2) is 17.5 Å². The van der Waals surface area contributed by atoms with Crippen molar-refractivity contribution in [3.8, 4) is 0 Å². The van der Waals surface area contributed by atoms with Gasteiger partial charge in [-0.2, -0.15) is 0 Å². The average molecular weight is 235 g/mol. The van der Waals surface area contributed by atoms with Crippen molar-refractivity contribution in [3.63, 3.8) is 0 Å². The summed E-state index contributed by atoms with van der Waals surface area (Å²) >= 11 is 12.9. The van der Waals surface area contributed by atoms with Crippen molar-refractivity contribution in [2.24, 2.45) is 0 Å². The lowest BCUT2D eigenvalue weighted by atomic mass is 10.2. The van der Waals surface area contributed by atoms with Crippen LogP contribution in [0.4, 0.5) is 4.39 Å². The highest BCUT2D eigenvalue weighted by Gasteiger charge is 2.08. The molecule has 0 saturated carbocycles. The Hall–Kier alpha value is -0.310. The molecular weight excluding hydrogens is 230 g/mol. The summed E-state index contributed by atoms with van der Waals surface area (Å²) in [4.78, 5) is 0. The first-order valence-electron chi connectivity index (χ1n) is 3.63. The molecule has 2 aromatic rings.